The van der Waals surface area contributed by atoms with Gasteiger partial charge in [-0.15, -0.1) is 0 Å². The van der Waals surface area contributed by atoms with E-state index in [0.717, 1.165) is 31.6 Å². The fourth-order valence-electron chi connectivity index (χ4n) is 4.24. The van der Waals surface area contributed by atoms with E-state index >= 15 is 0 Å². The van der Waals surface area contributed by atoms with Crippen LogP contribution in [0.2, 0.25) is 0 Å². The maximum atomic E-state index is 12.6. The lowest BCUT2D eigenvalue weighted by molar-refractivity contribution is -0.126. The number of benzene rings is 1. The number of para-hydroxylation sites is 1. The van der Waals surface area contributed by atoms with E-state index in [1.807, 2.05) is 12.1 Å². The van der Waals surface area contributed by atoms with Gasteiger partial charge in [0.15, 0.2) is 0 Å². The van der Waals surface area contributed by atoms with Crippen molar-refractivity contribution in [3.8, 4) is 0 Å². The first kappa shape index (κ1) is 16.2. The van der Waals surface area contributed by atoms with E-state index in [-0.39, 0.29) is 17.9 Å². The summed E-state index contributed by atoms with van der Waals surface area (Å²) in [6, 6.07) is 12.5. The minimum absolute atomic E-state index is 0.0474. The summed E-state index contributed by atoms with van der Waals surface area (Å²) < 4.78 is 5.71. The molecule has 1 aromatic carbocycles. The quantitative estimate of drug-likeness (QED) is 0.893. The van der Waals surface area contributed by atoms with Crippen LogP contribution in [0.1, 0.15) is 49.5 Å². The standard InChI is InChI=1S/C21H26N2O2/c24-21(17-8-2-1-3-9-17)22-15-19(20-11-6-14-25-20)23-13-12-16-7-4-5-10-18(16)23/h4-7,10-11,14,17,19H,1-3,8-9,12-13,15H2,(H,22,24). The molecule has 2 heterocycles. The Morgan fingerprint density at radius 1 is 1.16 bits per heavy atom. The van der Waals surface area contributed by atoms with E-state index in [2.05, 4.69) is 34.5 Å². The third-order valence-electron chi connectivity index (χ3n) is 5.62. The van der Waals surface area contributed by atoms with Crippen molar-refractivity contribution < 1.29 is 9.21 Å². The van der Waals surface area contributed by atoms with E-state index in [0.29, 0.717) is 6.54 Å². The van der Waals surface area contributed by atoms with Gasteiger partial charge >= 0.3 is 0 Å². The average Bonchev–Trinajstić information content (AvgIpc) is 3.33. The topological polar surface area (TPSA) is 45.5 Å². The second kappa shape index (κ2) is 7.34. The highest BCUT2D eigenvalue weighted by Gasteiger charge is 2.30. The van der Waals surface area contributed by atoms with Gasteiger partial charge in [0.1, 0.15) is 11.8 Å². The van der Waals surface area contributed by atoms with Crippen molar-refractivity contribution in [2.24, 2.45) is 5.92 Å². The molecule has 1 amide bonds. The highest BCUT2D eigenvalue weighted by Crippen LogP contribution is 2.35. The lowest BCUT2D eigenvalue weighted by Crippen LogP contribution is -2.40. The monoisotopic (exact) mass is 338 g/mol. The van der Waals surface area contributed by atoms with E-state index in [9.17, 15) is 4.79 Å². The third kappa shape index (κ3) is 3.44. The van der Waals surface area contributed by atoms with Crippen molar-refractivity contribution in [2.75, 3.05) is 18.0 Å². The molecule has 25 heavy (non-hydrogen) atoms. The van der Waals surface area contributed by atoms with Crippen molar-refractivity contribution in [1.29, 1.82) is 0 Å². The van der Waals surface area contributed by atoms with Crippen molar-refractivity contribution >= 4 is 11.6 Å². The number of furan rings is 1. The van der Waals surface area contributed by atoms with Crippen LogP contribution in [0.4, 0.5) is 5.69 Å². The van der Waals surface area contributed by atoms with Crippen LogP contribution in [0, 0.1) is 5.92 Å². The molecule has 1 N–H and O–H groups in total. The number of fused-ring (bicyclic) bond motifs is 1. The molecule has 1 aliphatic carbocycles. The Hall–Kier alpha value is -2.23. The molecule has 1 saturated carbocycles. The maximum Gasteiger partial charge on any atom is 0.223 e. The molecule has 1 unspecified atom stereocenters. The number of anilines is 1. The van der Waals surface area contributed by atoms with Gasteiger partial charge in [0, 0.05) is 24.7 Å². The number of hydrogen-bond acceptors (Lipinski definition) is 3. The first-order chi connectivity index (χ1) is 12.3. The van der Waals surface area contributed by atoms with Crippen LogP contribution in [0.25, 0.3) is 0 Å². The maximum absolute atomic E-state index is 12.6. The first-order valence-electron chi connectivity index (χ1n) is 9.48. The summed E-state index contributed by atoms with van der Waals surface area (Å²) in [5, 5.41) is 3.21. The number of nitrogens with zero attached hydrogens (tertiary/aromatic N) is 1. The fourth-order valence-corrected chi connectivity index (χ4v) is 4.24. The number of amides is 1. The number of carbonyl (C=O) groups excluding carboxylic acids is 1. The first-order valence-corrected chi connectivity index (χ1v) is 9.48. The Labute approximate surface area is 149 Å². The highest BCUT2D eigenvalue weighted by atomic mass is 16.3. The van der Waals surface area contributed by atoms with Gasteiger partial charge in [-0.1, -0.05) is 37.5 Å². The molecule has 0 spiro atoms. The van der Waals surface area contributed by atoms with E-state index in [1.165, 1.54) is 30.5 Å². The van der Waals surface area contributed by atoms with E-state index in [1.54, 1.807) is 6.26 Å². The molecular weight excluding hydrogens is 312 g/mol. The molecule has 4 heteroatoms. The Morgan fingerprint density at radius 3 is 2.80 bits per heavy atom. The molecule has 132 valence electrons. The molecule has 1 fully saturated rings. The lowest BCUT2D eigenvalue weighted by atomic mass is 9.88. The van der Waals surface area contributed by atoms with Crippen molar-refractivity contribution in [3.05, 3.63) is 54.0 Å². The Bertz CT molecular complexity index is 704. The Kier molecular flexibility index (Phi) is 4.77. The number of hydrogen-bond donors (Lipinski definition) is 1. The van der Waals surface area contributed by atoms with Crippen molar-refractivity contribution in [3.63, 3.8) is 0 Å². The van der Waals surface area contributed by atoms with Gasteiger partial charge < -0.3 is 14.6 Å². The number of rotatable bonds is 5. The van der Waals surface area contributed by atoms with E-state index < -0.39 is 0 Å². The largest absolute Gasteiger partial charge is 0.467 e. The molecule has 1 aliphatic heterocycles. The minimum atomic E-state index is 0.0474. The smallest absolute Gasteiger partial charge is 0.223 e. The van der Waals surface area contributed by atoms with Crippen LogP contribution in [0.3, 0.4) is 0 Å². The zero-order valence-electron chi connectivity index (χ0n) is 14.6. The van der Waals surface area contributed by atoms with Gasteiger partial charge in [-0.05, 0) is 43.0 Å². The fraction of sp³-hybridized carbons (Fsp3) is 0.476. The molecule has 4 nitrogen and oxygen atoms in total. The van der Waals surface area contributed by atoms with Gasteiger partial charge in [0.05, 0.1) is 6.26 Å². The highest BCUT2D eigenvalue weighted by molar-refractivity contribution is 5.78. The SMILES string of the molecule is O=C(NCC(c1ccco1)N1CCc2ccccc21)C1CCCCC1. The van der Waals surface area contributed by atoms with Crippen LogP contribution in [-0.2, 0) is 11.2 Å². The summed E-state index contributed by atoms with van der Waals surface area (Å²) in [5.74, 6) is 1.32. The van der Waals surface area contributed by atoms with Crippen LogP contribution < -0.4 is 10.2 Å². The van der Waals surface area contributed by atoms with Crippen molar-refractivity contribution in [2.45, 2.75) is 44.6 Å². The van der Waals surface area contributed by atoms with Gasteiger partial charge in [-0.3, -0.25) is 4.79 Å². The van der Waals surface area contributed by atoms with E-state index in [4.69, 9.17) is 4.42 Å². The lowest BCUT2D eigenvalue weighted by Gasteiger charge is -2.30. The normalized spacial score (nSPS) is 18.8. The summed E-state index contributed by atoms with van der Waals surface area (Å²) in [7, 11) is 0. The van der Waals surface area contributed by atoms with Crippen LogP contribution in [-0.4, -0.2) is 19.0 Å². The predicted molar refractivity (Wildman–Crippen MR) is 98.5 cm³/mol. The Balaban J connectivity index is 1.49. The summed E-state index contributed by atoms with van der Waals surface area (Å²) in [4.78, 5) is 14.9. The molecular formula is C21H26N2O2. The molecule has 4 rings (SSSR count). The molecule has 0 bridgehead atoms. The zero-order chi connectivity index (χ0) is 17.1. The molecule has 2 aliphatic rings. The second-order valence-electron chi connectivity index (χ2n) is 7.18. The zero-order valence-corrected chi connectivity index (χ0v) is 14.6. The summed E-state index contributed by atoms with van der Waals surface area (Å²) >= 11 is 0. The summed E-state index contributed by atoms with van der Waals surface area (Å²) in [5.41, 5.74) is 2.63. The van der Waals surface area contributed by atoms with Gasteiger partial charge in [-0.2, -0.15) is 0 Å². The molecule has 2 aromatic rings. The number of carbonyl (C=O) groups is 1. The van der Waals surface area contributed by atoms with Crippen molar-refractivity contribution in [1.82, 2.24) is 5.32 Å². The molecule has 1 aromatic heterocycles. The average molecular weight is 338 g/mol. The van der Waals surface area contributed by atoms with Gasteiger partial charge in [0.25, 0.3) is 0 Å². The predicted octanol–water partition coefficient (Wildman–Crippen LogP) is 4.08. The number of nitrogens with one attached hydrogen (secondary N) is 1. The van der Waals surface area contributed by atoms with Gasteiger partial charge in [-0.25, -0.2) is 0 Å². The summed E-state index contributed by atoms with van der Waals surface area (Å²) in [6.45, 7) is 1.56. The second-order valence-corrected chi connectivity index (χ2v) is 7.18. The summed E-state index contributed by atoms with van der Waals surface area (Å²) in [6.07, 6.45) is 8.45. The van der Waals surface area contributed by atoms with Crippen LogP contribution >= 0.6 is 0 Å². The van der Waals surface area contributed by atoms with Crippen LogP contribution in [0.5, 0.6) is 0 Å². The Morgan fingerprint density at radius 2 is 2.00 bits per heavy atom. The van der Waals surface area contributed by atoms with Gasteiger partial charge in [0.2, 0.25) is 5.91 Å². The molecule has 1 atom stereocenters. The molecule has 0 saturated heterocycles. The third-order valence-corrected chi connectivity index (χ3v) is 5.62. The minimum Gasteiger partial charge on any atom is -0.467 e. The van der Waals surface area contributed by atoms with Crippen LogP contribution in [0.15, 0.2) is 47.1 Å². The molecule has 0 radical (unpaired) electrons.